The van der Waals surface area contributed by atoms with E-state index in [1.54, 1.807) is 10.7 Å². The molecule has 2 aromatic carbocycles. The molecule has 0 spiro atoms. The van der Waals surface area contributed by atoms with Crippen LogP contribution in [0.15, 0.2) is 73.1 Å². The molecule has 5 aromatic rings. The minimum absolute atomic E-state index is 0.170. The third kappa shape index (κ3) is 3.91. The highest BCUT2D eigenvalue weighted by atomic mass is 16.7. The number of aryl methyl sites for hydroxylation is 1. The lowest BCUT2D eigenvalue weighted by atomic mass is 10.0. The van der Waals surface area contributed by atoms with Gasteiger partial charge in [0.1, 0.15) is 0 Å². The lowest BCUT2D eigenvalue weighted by Gasteiger charge is -2.24. The number of hydrogen-bond donors (Lipinski definition) is 2. The zero-order valence-corrected chi connectivity index (χ0v) is 19.0. The number of anilines is 2. The number of fused-ring (bicyclic) bond motifs is 2. The Balaban J connectivity index is 1.26. The van der Waals surface area contributed by atoms with Crippen molar-refractivity contribution in [3.05, 3.63) is 84.3 Å². The van der Waals surface area contributed by atoms with Gasteiger partial charge in [-0.2, -0.15) is 10.0 Å². The second-order valence-electron chi connectivity index (χ2n) is 8.55. The van der Waals surface area contributed by atoms with Crippen molar-refractivity contribution in [1.82, 2.24) is 24.6 Å². The summed E-state index contributed by atoms with van der Waals surface area (Å²) in [6.07, 6.45) is 4.32. The van der Waals surface area contributed by atoms with Gasteiger partial charge in [-0.1, -0.05) is 36.4 Å². The average Bonchev–Trinajstić information content (AvgIpc) is 3.50. The molecule has 174 valence electrons. The van der Waals surface area contributed by atoms with Gasteiger partial charge in [0.25, 0.3) is 0 Å². The number of rotatable bonds is 3. The summed E-state index contributed by atoms with van der Waals surface area (Å²) in [7, 11) is 0. The maximum atomic E-state index is 13.3. The van der Waals surface area contributed by atoms with Gasteiger partial charge in [-0.05, 0) is 47.5 Å². The zero-order valence-electron chi connectivity index (χ0n) is 19.0. The van der Waals surface area contributed by atoms with E-state index in [9.17, 15) is 4.79 Å². The van der Waals surface area contributed by atoms with Crippen LogP contribution in [0.1, 0.15) is 23.7 Å². The molecular formula is C26H23N7O2. The molecule has 1 aliphatic rings. The van der Waals surface area contributed by atoms with Crippen LogP contribution >= 0.6 is 0 Å². The third-order valence-corrected chi connectivity index (χ3v) is 6.27. The number of urea groups is 1. The Hall–Kier alpha value is -4.50. The van der Waals surface area contributed by atoms with Gasteiger partial charge < -0.3 is 11.1 Å². The number of pyridine rings is 2. The molecule has 1 atom stereocenters. The fourth-order valence-corrected chi connectivity index (χ4v) is 4.45. The van der Waals surface area contributed by atoms with Crippen LogP contribution in [0.4, 0.5) is 16.4 Å². The molecule has 35 heavy (non-hydrogen) atoms. The number of nitrogens with two attached hydrogens (primary N) is 1. The molecule has 9 heteroatoms. The highest BCUT2D eigenvalue weighted by Crippen LogP contribution is 2.33. The molecule has 3 N–H and O–H groups in total. The number of nitrogen functional groups attached to an aromatic ring is 1. The summed E-state index contributed by atoms with van der Waals surface area (Å²) in [5.41, 5.74) is 10.4. The van der Waals surface area contributed by atoms with Gasteiger partial charge in [0, 0.05) is 29.9 Å². The number of hydrogen-bond acceptors (Lipinski definition) is 6. The maximum Gasteiger partial charge on any atom is 0.346 e. The molecule has 4 heterocycles. The van der Waals surface area contributed by atoms with Crippen molar-refractivity contribution in [2.75, 3.05) is 17.7 Å². The van der Waals surface area contributed by atoms with Gasteiger partial charge in [0.15, 0.2) is 5.65 Å². The second-order valence-corrected chi connectivity index (χ2v) is 8.55. The van der Waals surface area contributed by atoms with E-state index in [4.69, 9.17) is 10.6 Å². The molecule has 1 unspecified atom stereocenters. The zero-order chi connectivity index (χ0) is 23.9. The largest absolute Gasteiger partial charge is 0.366 e. The first-order valence-corrected chi connectivity index (χ1v) is 11.4. The first-order valence-electron chi connectivity index (χ1n) is 11.4. The van der Waals surface area contributed by atoms with Crippen molar-refractivity contribution in [3.63, 3.8) is 0 Å². The minimum Gasteiger partial charge on any atom is -0.366 e. The number of aromatic nitrogens is 4. The van der Waals surface area contributed by atoms with Crippen LogP contribution in [0.3, 0.4) is 0 Å². The van der Waals surface area contributed by atoms with Gasteiger partial charge in [-0.3, -0.25) is 9.82 Å². The molecule has 1 saturated heterocycles. The van der Waals surface area contributed by atoms with E-state index in [0.717, 1.165) is 33.9 Å². The molecular weight excluding hydrogens is 442 g/mol. The van der Waals surface area contributed by atoms with Gasteiger partial charge in [0.05, 0.1) is 24.0 Å². The van der Waals surface area contributed by atoms with Crippen molar-refractivity contribution in [3.8, 4) is 11.1 Å². The maximum absolute atomic E-state index is 13.3. The number of carbonyl (C=O) groups is 1. The Morgan fingerprint density at radius 1 is 1.09 bits per heavy atom. The average molecular weight is 466 g/mol. The van der Waals surface area contributed by atoms with Crippen LogP contribution in [0.2, 0.25) is 0 Å². The van der Waals surface area contributed by atoms with E-state index in [1.165, 1.54) is 5.06 Å². The first-order chi connectivity index (χ1) is 17.0. The van der Waals surface area contributed by atoms with Crippen molar-refractivity contribution < 1.29 is 9.63 Å². The lowest BCUT2D eigenvalue weighted by molar-refractivity contribution is -0.0829. The van der Waals surface area contributed by atoms with Crippen LogP contribution in [0.5, 0.6) is 0 Å². The van der Waals surface area contributed by atoms with Gasteiger partial charge in [0.2, 0.25) is 5.95 Å². The van der Waals surface area contributed by atoms with Crippen LogP contribution in [0.25, 0.3) is 27.5 Å². The Kier molecular flexibility index (Phi) is 5.04. The first kappa shape index (κ1) is 21.1. The molecule has 0 aliphatic carbocycles. The van der Waals surface area contributed by atoms with Crippen LogP contribution in [0, 0.1) is 6.92 Å². The molecule has 1 fully saturated rings. The van der Waals surface area contributed by atoms with Gasteiger partial charge in [-0.15, -0.1) is 5.10 Å². The molecule has 0 radical (unpaired) electrons. The predicted molar refractivity (Wildman–Crippen MR) is 133 cm³/mol. The van der Waals surface area contributed by atoms with E-state index in [2.05, 4.69) is 50.7 Å². The third-order valence-electron chi connectivity index (χ3n) is 6.27. The van der Waals surface area contributed by atoms with E-state index in [0.29, 0.717) is 23.6 Å². The Morgan fingerprint density at radius 2 is 1.94 bits per heavy atom. The summed E-state index contributed by atoms with van der Waals surface area (Å²) in [5, 5.41) is 10.9. The van der Waals surface area contributed by atoms with Crippen molar-refractivity contribution in [2.24, 2.45) is 0 Å². The Bertz CT molecular complexity index is 1580. The quantitative estimate of drug-likeness (QED) is 0.398. The summed E-state index contributed by atoms with van der Waals surface area (Å²) in [6, 6.07) is 19.6. The normalized spacial score (nSPS) is 15.7. The summed E-state index contributed by atoms with van der Waals surface area (Å²) >= 11 is 0. The Morgan fingerprint density at radius 3 is 2.83 bits per heavy atom. The van der Waals surface area contributed by atoms with Crippen LogP contribution in [-0.4, -0.2) is 37.3 Å². The number of hydroxylamine groups is 2. The molecule has 6 rings (SSSR count). The molecule has 2 amide bonds. The highest BCUT2D eigenvalue weighted by Gasteiger charge is 2.32. The topological polar surface area (TPSA) is 111 Å². The van der Waals surface area contributed by atoms with Crippen molar-refractivity contribution >= 4 is 34.1 Å². The van der Waals surface area contributed by atoms with E-state index < -0.39 is 0 Å². The molecule has 9 nitrogen and oxygen atoms in total. The van der Waals surface area contributed by atoms with Crippen molar-refractivity contribution in [2.45, 2.75) is 19.4 Å². The van der Waals surface area contributed by atoms with Crippen LogP contribution < -0.4 is 11.1 Å². The van der Waals surface area contributed by atoms with Gasteiger partial charge >= 0.3 is 6.03 Å². The predicted octanol–water partition coefficient (Wildman–Crippen LogP) is 4.75. The number of benzene rings is 2. The van der Waals surface area contributed by atoms with Crippen LogP contribution in [-0.2, 0) is 4.84 Å². The smallest absolute Gasteiger partial charge is 0.346 e. The standard InChI is InChI=1S/C26H23N7O2/c1-16-22(13-21(14-28-16)20-8-9-24-30-25(27)31-32(24)15-20)29-26(34)33-23(10-11-35-33)19-7-6-17-4-2-3-5-18(17)12-19/h2-9,12-15,23H,10-11H2,1H3,(H2,27,31)(H,29,34). The number of carbonyl (C=O) groups excluding carboxylic acids is 1. The number of nitrogens with one attached hydrogen (secondary N) is 1. The fraction of sp³-hybridized carbons (Fsp3) is 0.154. The van der Waals surface area contributed by atoms with Crippen molar-refractivity contribution in [1.29, 1.82) is 0 Å². The fourth-order valence-electron chi connectivity index (χ4n) is 4.45. The van der Waals surface area contributed by atoms with E-state index in [1.807, 2.05) is 43.5 Å². The molecule has 0 saturated carbocycles. The molecule has 0 bridgehead atoms. The lowest BCUT2D eigenvalue weighted by Crippen LogP contribution is -2.33. The molecule has 1 aliphatic heterocycles. The summed E-state index contributed by atoms with van der Waals surface area (Å²) in [4.78, 5) is 27.6. The molecule has 3 aromatic heterocycles. The number of nitrogens with zero attached hydrogens (tertiary/aromatic N) is 5. The monoisotopic (exact) mass is 465 g/mol. The summed E-state index contributed by atoms with van der Waals surface area (Å²) in [5.74, 6) is 0.212. The second kappa shape index (κ2) is 8.37. The van der Waals surface area contributed by atoms with E-state index in [-0.39, 0.29) is 18.0 Å². The van der Waals surface area contributed by atoms with Gasteiger partial charge in [-0.25, -0.2) is 9.31 Å². The number of amides is 2. The SMILES string of the molecule is Cc1ncc(-c2ccc3nc(N)nn3c2)cc1NC(=O)N1OCCC1c1ccc2ccccc2c1. The Labute approximate surface area is 201 Å². The van der Waals surface area contributed by atoms with E-state index >= 15 is 0 Å². The summed E-state index contributed by atoms with van der Waals surface area (Å²) in [6.45, 7) is 2.33. The minimum atomic E-state index is -0.331. The highest BCUT2D eigenvalue weighted by molar-refractivity contribution is 5.91. The summed E-state index contributed by atoms with van der Waals surface area (Å²) < 4.78 is 1.62.